The van der Waals surface area contributed by atoms with Crippen molar-refractivity contribution >= 4 is 5.91 Å². The van der Waals surface area contributed by atoms with Crippen LogP contribution >= 0.6 is 0 Å². The van der Waals surface area contributed by atoms with Crippen molar-refractivity contribution in [1.82, 2.24) is 4.90 Å². The van der Waals surface area contributed by atoms with Crippen molar-refractivity contribution in [3.8, 4) is 0 Å². The number of likely N-dealkylation sites (tertiary alicyclic amines) is 1. The van der Waals surface area contributed by atoms with E-state index < -0.39 is 0 Å². The summed E-state index contributed by atoms with van der Waals surface area (Å²) in [6.45, 7) is 6.75. The van der Waals surface area contributed by atoms with E-state index in [-0.39, 0.29) is 0 Å². The van der Waals surface area contributed by atoms with Gasteiger partial charge in [0.05, 0.1) is 13.1 Å². The number of piperidine rings is 1. The van der Waals surface area contributed by atoms with Crippen LogP contribution in [0.2, 0.25) is 0 Å². The summed E-state index contributed by atoms with van der Waals surface area (Å²) in [5.41, 5.74) is 0. The minimum atomic E-state index is 0.399. The molecule has 0 spiro atoms. The molecule has 3 heteroatoms. The van der Waals surface area contributed by atoms with Gasteiger partial charge in [-0.2, -0.15) is 0 Å². The zero-order valence-electron chi connectivity index (χ0n) is 9.74. The molecule has 2 fully saturated rings. The Morgan fingerprint density at radius 2 is 2.07 bits per heavy atom. The normalized spacial score (nSPS) is 28.7. The fourth-order valence-corrected chi connectivity index (χ4v) is 2.79. The molecule has 0 aromatic carbocycles. The van der Waals surface area contributed by atoms with E-state index in [1.165, 1.54) is 25.9 Å². The second kappa shape index (κ2) is 4.97. The number of amides is 1. The van der Waals surface area contributed by atoms with Crippen molar-refractivity contribution in [3.63, 3.8) is 0 Å². The smallest absolute Gasteiger partial charge is 0.222 e. The van der Waals surface area contributed by atoms with Gasteiger partial charge in [0.2, 0.25) is 5.91 Å². The fourth-order valence-electron chi connectivity index (χ4n) is 2.79. The topological polar surface area (TPSA) is 36.9 Å². The average molecular weight is 211 g/mol. The maximum absolute atomic E-state index is 11.7. The van der Waals surface area contributed by atoms with Gasteiger partial charge < -0.3 is 10.2 Å². The first-order chi connectivity index (χ1) is 7.29. The first-order valence-electron chi connectivity index (χ1n) is 6.39. The lowest BCUT2D eigenvalue weighted by Gasteiger charge is -2.26. The fraction of sp³-hybridized carbons (Fsp3) is 0.917. The first kappa shape index (κ1) is 10.9. The van der Waals surface area contributed by atoms with Crippen LogP contribution in [0.3, 0.4) is 0 Å². The molecule has 0 aromatic rings. The summed E-state index contributed by atoms with van der Waals surface area (Å²) in [4.78, 5) is 13.9. The highest BCUT2D eigenvalue weighted by molar-refractivity contribution is 5.78. The van der Waals surface area contributed by atoms with E-state index in [1.807, 2.05) is 0 Å². The molecule has 0 saturated carbocycles. The molecule has 1 atom stereocenters. The van der Waals surface area contributed by atoms with Crippen molar-refractivity contribution in [1.29, 1.82) is 0 Å². The Kier molecular flexibility index (Phi) is 3.62. The molecule has 1 amide bonds. The van der Waals surface area contributed by atoms with Gasteiger partial charge in [0.15, 0.2) is 0 Å². The van der Waals surface area contributed by atoms with E-state index in [9.17, 15) is 4.79 Å². The average Bonchev–Trinajstić information content (AvgIpc) is 2.61. The Bertz CT molecular complexity index is 224. The van der Waals surface area contributed by atoms with Gasteiger partial charge in [-0.1, -0.05) is 13.3 Å². The van der Waals surface area contributed by atoms with Crippen LogP contribution in [0.1, 0.15) is 32.6 Å². The number of carbonyl (C=O) groups is 1. The summed E-state index contributed by atoms with van der Waals surface area (Å²) in [7, 11) is 0. The highest BCUT2D eigenvalue weighted by Gasteiger charge is 2.30. The Morgan fingerprint density at radius 1 is 1.33 bits per heavy atom. The summed E-state index contributed by atoms with van der Waals surface area (Å²) in [6.07, 6.45) is 4.54. The number of rotatable bonds is 3. The second-order valence-electron chi connectivity index (χ2n) is 5.09. The molecule has 2 rings (SSSR count). The maximum Gasteiger partial charge on any atom is 0.222 e. The van der Waals surface area contributed by atoms with Crippen molar-refractivity contribution in [3.05, 3.63) is 0 Å². The van der Waals surface area contributed by atoms with Crippen LogP contribution in [0.25, 0.3) is 0 Å². The molecule has 0 aromatic heterocycles. The maximum atomic E-state index is 11.7. The Labute approximate surface area is 92.2 Å². The van der Waals surface area contributed by atoms with Crippen molar-refractivity contribution in [2.75, 3.05) is 26.2 Å². The van der Waals surface area contributed by atoms with Gasteiger partial charge in [-0.3, -0.25) is 4.79 Å². The van der Waals surface area contributed by atoms with E-state index in [0.29, 0.717) is 11.8 Å². The molecule has 3 nitrogen and oxygen atoms in total. The molecule has 1 unspecified atom stereocenters. The molecule has 0 radical (unpaired) electrons. The molecule has 2 heterocycles. The van der Waals surface area contributed by atoms with E-state index in [0.717, 1.165) is 31.8 Å². The second-order valence-corrected chi connectivity index (χ2v) is 5.09. The molecule has 2 aliphatic heterocycles. The summed E-state index contributed by atoms with van der Waals surface area (Å²) in [5, 5.41) is 2.39. The van der Waals surface area contributed by atoms with Crippen LogP contribution in [0.15, 0.2) is 0 Å². The molecule has 2 N–H and O–H groups in total. The standard InChI is InChI=1S/C12H22N2O/c1-2-10-7-12(15)14(8-10)9-11-3-5-13-6-4-11/h10-11,13H,2-9H2,1H3/p+1. The minimum Gasteiger partial charge on any atom is -0.346 e. The summed E-state index contributed by atoms with van der Waals surface area (Å²) >= 11 is 0. The van der Waals surface area contributed by atoms with Gasteiger partial charge >= 0.3 is 0 Å². The lowest BCUT2D eigenvalue weighted by atomic mass is 9.97. The van der Waals surface area contributed by atoms with Crippen LogP contribution in [0, 0.1) is 11.8 Å². The molecular weight excluding hydrogens is 188 g/mol. The van der Waals surface area contributed by atoms with Crippen LogP contribution < -0.4 is 5.32 Å². The quantitative estimate of drug-likeness (QED) is 0.712. The van der Waals surface area contributed by atoms with E-state index >= 15 is 0 Å². The van der Waals surface area contributed by atoms with Gasteiger partial charge in [-0.15, -0.1) is 0 Å². The zero-order chi connectivity index (χ0) is 10.7. The highest BCUT2D eigenvalue weighted by atomic mass is 16.2. The molecule has 2 saturated heterocycles. The van der Waals surface area contributed by atoms with E-state index in [4.69, 9.17) is 0 Å². The lowest BCUT2D eigenvalue weighted by Crippen LogP contribution is -2.86. The first-order valence-corrected chi connectivity index (χ1v) is 6.39. The van der Waals surface area contributed by atoms with Gasteiger partial charge in [0.1, 0.15) is 0 Å². The summed E-state index contributed by atoms with van der Waals surface area (Å²) in [6, 6.07) is 0. The Balaban J connectivity index is 1.81. The SMILES string of the molecule is CCC1CC(=O)N(CC2CC[NH2+]CC2)C1. The van der Waals surface area contributed by atoms with Gasteiger partial charge in [-0.05, 0) is 11.8 Å². The summed E-state index contributed by atoms with van der Waals surface area (Å²) < 4.78 is 0. The molecule has 2 aliphatic rings. The molecular formula is C12H23N2O+. The monoisotopic (exact) mass is 211 g/mol. The highest BCUT2D eigenvalue weighted by Crippen LogP contribution is 2.23. The van der Waals surface area contributed by atoms with Crippen molar-refractivity contribution in [2.45, 2.75) is 32.6 Å². The number of nitrogens with two attached hydrogens (primary N) is 1. The third kappa shape index (κ3) is 2.71. The van der Waals surface area contributed by atoms with Crippen molar-refractivity contribution < 1.29 is 10.1 Å². The Hall–Kier alpha value is -0.570. The van der Waals surface area contributed by atoms with Gasteiger partial charge in [0, 0.05) is 32.4 Å². The predicted octanol–water partition coefficient (Wildman–Crippen LogP) is 0.218. The number of nitrogens with zero attached hydrogens (tertiary/aromatic N) is 1. The van der Waals surface area contributed by atoms with Crippen molar-refractivity contribution in [2.24, 2.45) is 11.8 Å². The number of hydrogen-bond acceptors (Lipinski definition) is 1. The lowest BCUT2D eigenvalue weighted by molar-refractivity contribution is -0.664. The Morgan fingerprint density at radius 3 is 2.67 bits per heavy atom. The molecule has 15 heavy (non-hydrogen) atoms. The van der Waals surface area contributed by atoms with Gasteiger partial charge in [-0.25, -0.2) is 0 Å². The van der Waals surface area contributed by atoms with Gasteiger partial charge in [0.25, 0.3) is 0 Å². The minimum absolute atomic E-state index is 0.399. The summed E-state index contributed by atoms with van der Waals surface area (Å²) in [5.74, 6) is 1.80. The zero-order valence-corrected chi connectivity index (χ0v) is 9.74. The largest absolute Gasteiger partial charge is 0.346 e. The van der Waals surface area contributed by atoms with E-state index in [2.05, 4.69) is 17.1 Å². The number of carbonyl (C=O) groups excluding carboxylic acids is 1. The van der Waals surface area contributed by atoms with Crippen LogP contribution in [0.5, 0.6) is 0 Å². The van der Waals surface area contributed by atoms with Crippen LogP contribution in [-0.2, 0) is 4.79 Å². The molecule has 0 aliphatic carbocycles. The third-order valence-corrected chi connectivity index (χ3v) is 3.91. The molecule has 0 bridgehead atoms. The van der Waals surface area contributed by atoms with Crippen LogP contribution in [-0.4, -0.2) is 37.0 Å². The number of quaternary nitrogens is 1. The predicted molar refractivity (Wildman–Crippen MR) is 59.4 cm³/mol. The third-order valence-electron chi connectivity index (χ3n) is 3.91. The molecule has 86 valence electrons. The van der Waals surface area contributed by atoms with E-state index in [1.54, 1.807) is 0 Å². The van der Waals surface area contributed by atoms with Crippen LogP contribution in [0.4, 0.5) is 0 Å². The number of hydrogen-bond donors (Lipinski definition) is 1.